The number of ether oxygens (including phenoxy) is 2. The highest BCUT2D eigenvalue weighted by Gasteiger charge is 2.16. The lowest BCUT2D eigenvalue weighted by Crippen LogP contribution is -2.13. The first kappa shape index (κ1) is 15.8. The summed E-state index contributed by atoms with van der Waals surface area (Å²) < 4.78 is 10.8. The molecule has 3 nitrogen and oxygen atoms in total. The lowest BCUT2D eigenvalue weighted by molar-refractivity contribution is -0.0390. The molecule has 0 spiro atoms. The van der Waals surface area contributed by atoms with Crippen LogP contribution in [0.25, 0.3) is 0 Å². The number of aromatic hydroxyl groups is 1. The maximum Gasteiger partial charge on any atom is 0.199 e. The second kappa shape index (κ2) is 9.97. The van der Waals surface area contributed by atoms with Gasteiger partial charge in [0.1, 0.15) is 11.5 Å². The van der Waals surface area contributed by atoms with Crippen molar-refractivity contribution in [3.8, 4) is 11.5 Å². The highest BCUT2D eigenvalue weighted by molar-refractivity contribution is 5.30. The second-order valence-electron chi connectivity index (χ2n) is 3.05. The minimum Gasteiger partial charge on any atom is -0.508 e. The molecule has 1 N–H and O–H groups in total. The maximum atomic E-state index is 9.03. The summed E-state index contributed by atoms with van der Waals surface area (Å²) in [5.41, 5.74) is 0. The molecule has 0 aliphatic carbocycles. The summed E-state index contributed by atoms with van der Waals surface area (Å²) in [6.07, 6.45) is 1.90. The molecule has 0 saturated carbocycles. The van der Waals surface area contributed by atoms with Gasteiger partial charge in [0.2, 0.25) is 0 Å². The Bertz CT molecular complexity index is 263. The number of phenols is 1. The summed E-state index contributed by atoms with van der Waals surface area (Å²) in [4.78, 5) is 0. The van der Waals surface area contributed by atoms with E-state index in [0.717, 1.165) is 25.2 Å². The fraction of sp³-hybridized carbons (Fsp3) is 0.571. The van der Waals surface area contributed by atoms with Gasteiger partial charge in [-0.15, -0.1) is 0 Å². The Balaban J connectivity index is 0.000000581. The first-order valence-electron chi connectivity index (χ1n) is 6.42. The lowest BCUT2D eigenvalue weighted by Gasteiger charge is -2.12. The molecule has 0 aromatic heterocycles. The van der Waals surface area contributed by atoms with E-state index in [1.54, 1.807) is 24.3 Å². The van der Waals surface area contributed by atoms with E-state index in [4.69, 9.17) is 14.6 Å². The van der Waals surface area contributed by atoms with Gasteiger partial charge < -0.3 is 14.6 Å². The van der Waals surface area contributed by atoms with Gasteiger partial charge >= 0.3 is 0 Å². The summed E-state index contributed by atoms with van der Waals surface area (Å²) in [5.74, 6) is 0.990. The number of phenolic OH excluding ortho intramolecular Hbond substituents is 1. The molecule has 1 fully saturated rings. The van der Waals surface area contributed by atoms with Gasteiger partial charge in [-0.2, -0.15) is 0 Å². The average molecular weight is 240 g/mol. The summed E-state index contributed by atoms with van der Waals surface area (Å²) in [6, 6.07) is 6.67. The monoisotopic (exact) mass is 240 g/mol. The normalized spacial score (nSPS) is 17.3. The van der Waals surface area contributed by atoms with Crippen molar-refractivity contribution < 1.29 is 14.6 Å². The smallest absolute Gasteiger partial charge is 0.199 e. The molecule has 1 aliphatic heterocycles. The summed E-state index contributed by atoms with van der Waals surface area (Å²) in [5, 5.41) is 9.03. The Morgan fingerprint density at radius 3 is 2.18 bits per heavy atom. The number of benzene rings is 1. The van der Waals surface area contributed by atoms with Crippen molar-refractivity contribution in [1.82, 2.24) is 0 Å². The van der Waals surface area contributed by atoms with Crippen LogP contribution >= 0.6 is 0 Å². The number of hydrogen-bond acceptors (Lipinski definition) is 3. The molecule has 0 amide bonds. The molecular weight excluding hydrogens is 216 g/mol. The molecule has 17 heavy (non-hydrogen) atoms. The zero-order valence-electron chi connectivity index (χ0n) is 11.3. The fourth-order valence-electron chi connectivity index (χ4n) is 1.32. The quantitative estimate of drug-likeness (QED) is 0.850. The lowest BCUT2D eigenvalue weighted by atomic mass is 10.3. The highest BCUT2D eigenvalue weighted by atomic mass is 16.7. The van der Waals surface area contributed by atoms with Crippen molar-refractivity contribution in [3.63, 3.8) is 0 Å². The molecule has 1 atom stereocenters. The van der Waals surface area contributed by atoms with E-state index in [1.165, 1.54) is 0 Å². The van der Waals surface area contributed by atoms with Gasteiger partial charge in [0.15, 0.2) is 6.29 Å². The van der Waals surface area contributed by atoms with Crippen LogP contribution in [-0.4, -0.2) is 18.0 Å². The van der Waals surface area contributed by atoms with E-state index in [2.05, 4.69) is 0 Å². The van der Waals surface area contributed by atoms with Crippen LogP contribution < -0.4 is 4.74 Å². The van der Waals surface area contributed by atoms with Crippen molar-refractivity contribution in [1.29, 1.82) is 0 Å². The predicted octanol–water partition coefficient (Wildman–Crippen LogP) is 3.96. The largest absolute Gasteiger partial charge is 0.508 e. The summed E-state index contributed by atoms with van der Waals surface area (Å²) >= 11 is 0. The van der Waals surface area contributed by atoms with E-state index < -0.39 is 0 Å². The first-order valence-corrected chi connectivity index (χ1v) is 6.42. The van der Waals surface area contributed by atoms with Crippen molar-refractivity contribution in [2.45, 2.75) is 46.8 Å². The van der Waals surface area contributed by atoms with Crippen LogP contribution in [0.5, 0.6) is 11.5 Å². The maximum absolute atomic E-state index is 9.03. The Morgan fingerprint density at radius 2 is 1.71 bits per heavy atom. The molecule has 1 heterocycles. The van der Waals surface area contributed by atoms with Crippen molar-refractivity contribution in [3.05, 3.63) is 24.3 Å². The van der Waals surface area contributed by atoms with Crippen molar-refractivity contribution in [2.24, 2.45) is 0 Å². The molecule has 98 valence electrons. The molecule has 0 radical (unpaired) electrons. The van der Waals surface area contributed by atoms with Crippen LogP contribution in [0.15, 0.2) is 24.3 Å². The molecule has 2 rings (SSSR count). The third-order valence-corrected chi connectivity index (χ3v) is 1.99. The Kier molecular flexibility index (Phi) is 9.25. The van der Waals surface area contributed by atoms with Crippen LogP contribution in [0.3, 0.4) is 0 Å². The van der Waals surface area contributed by atoms with Gasteiger partial charge in [-0.1, -0.05) is 27.7 Å². The van der Waals surface area contributed by atoms with Crippen molar-refractivity contribution >= 4 is 0 Å². The molecule has 1 aromatic rings. The zero-order valence-corrected chi connectivity index (χ0v) is 11.3. The van der Waals surface area contributed by atoms with Gasteiger partial charge in [-0.3, -0.25) is 0 Å². The zero-order chi connectivity index (χ0) is 13.1. The molecule has 1 saturated heterocycles. The van der Waals surface area contributed by atoms with Crippen LogP contribution in [0.2, 0.25) is 0 Å². The minimum absolute atomic E-state index is 0.107. The van der Waals surface area contributed by atoms with Gasteiger partial charge in [0.25, 0.3) is 0 Å². The first-order chi connectivity index (χ1) is 8.34. The molecule has 3 heteroatoms. The van der Waals surface area contributed by atoms with E-state index in [0.29, 0.717) is 0 Å². The summed E-state index contributed by atoms with van der Waals surface area (Å²) in [7, 11) is 0. The van der Waals surface area contributed by atoms with Gasteiger partial charge in [-0.25, -0.2) is 0 Å². The number of hydrogen-bond donors (Lipinski definition) is 1. The van der Waals surface area contributed by atoms with Crippen LogP contribution in [0.4, 0.5) is 0 Å². The molecule has 0 unspecified atom stereocenters. The van der Waals surface area contributed by atoms with Crippen LogP contribution in [0.1, 0.15) is 40.5 Å². The fourth-order valence-corrected chi connectivity index (χ4v) is 1.32. The Morgan fingerprint density at radius 1 is 1.12 bits per heavy atom. The third-order valence-electron chi connectivity index (χ3n) is 1.99. The summed E-state index contributed by atoms with van der Waals surface area (Å²) in [6.45, 7) is 8.78. The average Bonchev–Trinajstić information content (AvgIpc) is 2.90. The van der Waals surface area contributed by atoms with Gasteiger partial charge in [0.05, 0.1) is 6.61 Å². The van der Waals surface area contributed by atoms with Crippen molar-refractivity contribution in [2.75, 3.05) is 6.61 Å². The third kappa shape index (κ3) is 6.17. The Hall–Kier alpha value is -1.22. The van der Waals surface area contributed by atoms with Crippen LogP contribution in [0, 0.1) is 0 Å². The van der Waals surface area contributed by atoms with E-state index in [9.17, 15) is 0 Å². The number of rotatable bonds is 2. The topological polar surface area (TPSA) is 38.7 Å². The Labute approximate surface area is 104 Å². The van der Waals surface area contributed by atoms with E-state index in [-0.39, 0.29) is 12.0 Å². The molecule has 0 bridgehead atoms. The minimum atomic E-state index is -0.107. The van der Waals surface area contributed by atoms with Gasteiger partial charge in [-0.05, 0) is 30.7 Å². The predicted molar refractivity (Wildman–Crippen MR) is 70.4 cm³/mol. The molecular formula is C14H24O3. The highest BCUT2D eigenvalue weighted by Crippen LogP contribution is 2.21. The molecule has 1 aromatic carbocycles. The second-order valence-corrected chi connectivity index (χ2v) is 3.05. The molecule has 1 aliphatic rings. The van der Waals surface area contributed by atoms with E-state index >= 15 is 0 Å². The SMILES string of the molecule is CC.CC.Oc1ccc(O[C@@H]2CCCO2)cc1. The standard InChI is InChI=1S/C10H12O3.2C2H6/c11-8-3-5-9(6-4-8)13-10-2-1-7-12-10;2*1-2/h3-6,10-11H,1-2,7H2;2*1-2H3/t10-;;/m1../s1. The van der Waals surface area contributed by atoms with Gasteiger partial charge in [0, 0.05) is 6.42 Å². The van der Waals surface area contributed by atoms with E-state index in [1.807, 2.05) is 27.7 Å². The van der Waals surface area contributed by atoms with Crippen LogP contribution in [-0.2, 0) is 4.74 Å².